The van der Waals surface area contributed by atoms with Gasteiger partial charge in [0.2, 0.25) is 10.0 Å². The Balaban J connectivity index is 2.38. The third-order valence-electron chi connectivity index (χ3n) is 4.18. The first-order valence-corrected chi connectivity index (χ1v) is 8.61. The molecular weight excluding hydrogens is 272 g/mol. The van der Waals surface area contributed by atoms with Crippen LogP contribution in [0.5, 0.6) is 0 Å². The van der Waals surface area contributed by atoms with Gasteiger partial charge in [0.1, 0.15) is 0 Å². The van der Waals surface area contributed by atoms with Crippen molar-refractivity contribution in [3.05, 3.63) is 28.3 Å². The van der Waals surface area contributed by atoms with Gasteiger partial charge < -0.3 is 5.32 Å². The van der Waals surface area contributed by atoms with Gasteiger partial charge in [-0.1, -0.05) is 6.07 Å². The summed E-state index contributed by atoms with van der Waals surface area (Å²) in [6.07, 6.45) is 1.91. The van der Waals surface area contributed by atoms with Crippen molar-refractivity contribution in [2.75, 3.05) is 13.1 Å². The lowest BCUT2D eigenvalue weighted by molar-refractivity contribution is 0.428. The summed E-state index contributed by atoms with van der Waals surface area (Å²) in [5.41, 5.74) is 3.75. The molecule has 1 fully saturated rings. The van der Waals surface area contributed by atoms with Crippen molar-refractivity contribution in [1.29, 1.82) is 0 Å². The number of aryl methyl sites for hydroxylation is 2. The van der Waals surface area contributed by atoms with Crippen LogP contribution in [0.3, 0.4) is 0 Å². The van der Waals surface area contributed by atoms with Crippen LogP contribution in [0.2, 0.25) is 0 Å². The lowest BCUT2D eigenvalue weighted by Gasteiger charge is -2.25. The fourth-order valence-corrected chi connectivity index (χ4v) is 4.70. The van der Waals surface area contributed by atoms with E-state index < -0.39 is 10.0 Å². The second kappa shape index (κ2) is 5.84. The molecule has 0 amide bonds. The van der Waals surface area contributed by atoms with E-state index in [2.05, 4.69) is 10.0 Å². The Kier molecular flexibility index (Phi) is 4.52. The molecule has 0 saturated carbocycles. The average Bonchev–Trinajstić information content (AvgIpc) is 2.37. The second-order valence-corrected chi connectivity index (χ2v) is 7.40. The number of piperidine rings is 1. The van der Waals surface area contributed by atoms with Crippen LogP contribution in [0.15, 0.2) is 11.0 Å². The van der Waals surface area contributed by atoms with Gasteiger partial charge in [0.05, 0.1) is 4.90 Å². The molecule has 0 aromatic heterocycles. The van der Waals surface area contributed by atoms with Crippen molar-refractivity contribution in [1.82, 2.24) is 10.0 Å². The van der Waals surface area contributed by atoms with Gasteiger partial charge in [0, 0.05) is 12.6 Å². The zero-order valence-electron chi connectivity index (χ0n) is 12.7. The topological polar surface area (TPSA) is 58.2 Å². The molecule has 1 atom stereocenters. The Bertz CT molecular complexity index is 577. The molecule has 0 bridgehead atoms. The third-order valence-corrected chi connectivity index (χ3v) is 5.98. The molecule has 1 aliphatic rings. The number of hydrogen-bond donors (Lipinski definition) is 2. The number of rotatable bonds is 3. The molecule has 4 nitrogen and oxygen atoms in total. The molecule has 0 unspecified atom stereocenters. The van der Waals surface area contributed by atoms with E-state index in [9.17, 15) is 8.42 Å². The molecule has 20 heavy (non-hydrogen) atoms. The van der Waals surface area contributed by atoms with Crippen LogP contribution in [-0.2, 0) is 10.0 Å². The van der Waals surface area contributed by atoms with E-state index in [0.29, 0.717) is 11.4 Å². The minimum atomic E-state index is -3.46. The molecule has 112 valence electrons. The predicted octanol–water partition coefficient (Wildman–Crippen LogP) is 1.95. The first kappa shape index (κ1) is 15.5. The molecule has 1 saturated heterocycles. The number of nitrogens with one attached hydrogen (secondary N) is 2. The molecule has 1 aliphatic heterocycles. The normalized spacial score (nSPS) is 20.1. The van der Waals surface area contributed by atoms with E-state index >= 15 is 0 Å². The van der Waals surface area contributed by atoms with E-state index in [1.54, 1.807) is 0 Å². The Morgan fingerprint density at radius 1 is 1.15 bits per heavy atom. The summed E-state index contributed by atoms with van der Waals surface area (Å²) in [5.74, 6) is 0. The summed E-state index contributed by atoms with van der Waals surface area (Å²) in [4.78, 5) is 0.459. The van der Waals surface area contributed by atoms with Crippen LogP contribution >= 0.6 is 0 Å². The summed E-state index contributed by atoms with van der Waals surface area (Å²) >= 11 is 0. The highest BCUT2D eigenvalue weighted by atomic mass is 32.2. The van der Waals surface area contributed by atoms with Crippen molar-refractivity contribution in [3.63, 3.8) is 0 Å². The minimum absolute atomic E-state index is 0.00614. The van der Waals surface area contributed by atoms with Crippen LogP contribution in [0.25, 0.3) is 0 Å². The number of benzene rings is 1. The Morgan fingerprint density at radius 2 is 1.75 bits per heavy atom. The fraction of sp³-hybridized carbons (Fsp3) is 0.600. The van der Waals surface area contributed by atoms with Crippen molar-refractivity contribution in [2.24, 2.45) is 0 Å². The van der Waals surface area contributed by atoms with Gasteiger partial charge in [0.15, 0.2) is 0 Å². The SMILES string of the molecule is Cc1cc(C)c(C)c(S(=O)(=O)N[C@@H]2CCCNC2)c1C. The van der Waals surface area contributed by atoms with Gasteiger partial charge >= 0.3 is 0 Å². The van der Waals surface area contributed by atoms with Gasteiger partial charge in [-0.05, 0) is 69.3 Å². The van der Waals surface area contributed by atoms with E-state index in [4.69, 9.17) is 0 Å². The number of hydrogen-bond acceptors (Lipinski definition) is 3. The van der Waals surface area contributed by atoms with Crippen molar-refractivity contribution < 1.29 is 8.42 Å². The van der Waals surface area contributed by atoms with Gasteiger partial charge in [-0.15, -0.1) is 0 Å². The fourth-order valence-electron chi connectivity index (χ4n) is 2.81. The van der Waals surface area contributed by atoms with E-state index in [-0.39, 0.29) is 6.04 Å². The lowest BCUT2D eigenvalue weighted by Crippen LogP contribution is -2.45. The Hall–Kier alpha value is -0.910. The van der Waals surface area contributed by atoms with Crippen LogP contribution < -0.4 is 10.0 Å². The Morgan fingerprint density at radius 3 is 2.25 bits per heavy atom. The van der Waals surface area contributed by atoms with Crippen LogP contribution in [0, 0.1) is 27.7 Å². The highest BCUT2D eigenvalue weighted by molar-refractivity contribution is 7.89. The monoisotopic (exact) mass is 296 g/mol. The van der Waals surface area contributed by atoms with Crippen molar-refractivity contribution in [3.8, 4) is 0 Å². The first-order valence-electron chi connectivity index (χ1n) is 7.13. The van der Waals surface area contributed by atoms with Crippen LogP contribution in [0.1, 0.15) is 35.1 Å². The summed E-state index contributed by atoms with van der Waals surface area (Å²) in [6.45, 7) is 9.37. The maximum Gasteiger partial charge on any atom is 0.241 e. The predicted molar refractivity (Wildman–Crippen MR) is 81.6 cm³/mol. The maximum atomic E-state index is 12.7. The molecule has 1 aromatic carbocycles. The van der Waals surface area contributed by atoms with Gasteiger partial charge in [-0.25, -0.2) is 13.1 Å². The third kappa shape index (κ3) is 3.05. The first-order chi connectivity index (χ1) is 9.33. The molecule has 2 N–H and O–H groups in total. The van der Waals surface area contributed by atoms with Crippen LogP contribution in [-0.4, -0.2) is 27.5 Å². The molecular formula is C15H24N2O2S. The molecule has 2 rings (SSSR count). The average molecular weight is 296 g/mol. The van der Waals surface area contributed by atoms with Crippen molar-refractivity contribution in [2.45, 2.75) is 51.5 Å². The molecule has 1 aromatic rings. The quantitative estimate of drug-likeness (QED) is 0.896. The highest BCUT2D eigenvalue weighted by Gasteiger charge is 2.25. The minimum Gasteiger partial charge on any atom is -0.315 e. The van der Waals surface area contributed by atoms with E-state index in [1.165, 1.54) is 0 Å². The molecule has 0 radical (unpaired) electrons. The smallest absolute Gasteiger partial charge is 0.241 e. The molecule has 5 heteroatoms. The summed E-state index contributed by atoms with van der Waals surface area (Å²) in [7, 11) is -3.46. The van der Waals surface area contributed by atoms with Gasteiger partial charge in [-0.2, -0.15) is 0 Å². The molecule has 0 spiro atoms. The summed E-state index contributed by atoms with van der Waals surface area (Å²) < 4.78 is 28.3. The van der Waals surface area contributed by atoms with Gasteiger partial charge in [-0.3, -0.25) is 0 Å². The zero-order valence-corrected chi connectivity index (χ0v) is 13.5. The standard InChI is InChI=1S/C15H24N2O2S/c1-10-8-11(2)13(4)15(12(10)3)20(18,19)17-14-6-5-7-16-9-14/h8,14,16-17H,5-7,9H2,1-4H3/t14-/m1/s1. The second-order valence-electron chi connectivity index (χ2n) is 5.75. The molecule has 0 aliphatic carbocycles. The lowest BCUT2D eigenvalue weighted by atomic mass is 10.0. The zero-order chi connectivity index (χ0) is 14.9. The van der Waals surface area contributed by atoms with E-state index in [1.807, 2.05) is 33.8 Å². The largest absolute Gasteiger partial charge is 0.315 e. The summed E-state index contributed by atoms with van der Waals surface area (Å²) in [6, 6.07) is 2.04. The molecule has 1 heterocycles. The Labute approximate surface area is 122 Å². The summed E-state index contributed by atoms with van der Waals surface area (Å²) in [5, 5.41) is 3.23. The van der Waals surface area contributed by atoms with Crippen LogP contribution in [0.4, 0.5) is 0 Å². The van der Waals surface area contributed by atoms with Gasteiger partial charge in [0.25, 0.3) is 0 Å². The van der Waals surface area contributed by atoms with E-state index in [0.717, 1.165) is 41.6 Å². The highest BCUT2D eigenvalue weighted by Crippen LogP contribution is 2.26. The number of sulfonamides is 1. The maximum absolute atomic E-state index is 12.7. The van der Waals surface area contributed by atoms with Crippen molar-refractivity contribution >= 4 is 10.0 Å².